The number of nitrogens with one attached hydrogen (secondary N) is 5. The molecule has 19 rings (SSSR count). The third-order valence-corrected chi connectivity index (χ3v) is 34.3. The first kappa shape index (κ1) is 114. The maximum Gasteiger partial charge on any atom is 0.237 e. The number of nitrogens with zero attached hydrogens (tertiary/aromatic N) is 6. The zero-order valence-corrected chi connectivity index (χ0v) is 92.9. The van der Waals surface area contributed by atoms with E-state index in [-0.39, 0.29) is 84.1 Å². The van der Waals surface area contributed by atoms with Crippen LogP contribution in [0, 0.1) is 11.7 Å². The van der Waals surface area contributed by atoms with Gasteiger partial charge in [0.2, 0.25) is 35.4 Å². The van der Waals surface area contributed by atoms with Crippen molar-refractivity contribution in [1.82, 2.24) is 56.0 Å². The molecule has 6 atom stereocenters. The minimum atomic E-state index is -0.265. The predicted molar refractivity (Wildman–Crippen MR) is 602 cm³/mol. The summed E-state index contributed by atoms with van der Waals surface area (Å²) in [6, 6.07) is 53.6. The molecular formula is C114H131Cl5FN11O11S6. The molecule has 12 heterocycles. The average Bonchev–Trinajstić information content (AvgIpc) is 1.82. The van der Waals surface area contributed by atoms with Crippen molar-refractivity contribution in [3.05, 3.63) is 354 Å². The van der Waals surface area contributed by atoms with E-state index in [1.54, 1.807) is 133 Å². The summed E-state index contributed by atoms with van der Waals surface area (Å²) in [5, 5.41) is 31.5. The molecule has 7 aliphatic rings. The van der Waals surface area contributed by atoms with Crippen molar-refractivity contribution >= 4 is 161 Å². The highest BCUT2D eigenvalue weighted by molar-refractivity contribution is 7.11. The molecule has 0 bridgehead atoms. The Morgan fingerprint density at radius 2 is 0.655 bits per heavy atom. The number of methoxy groups -OCH3 is 4. The maximum atomic E-state index is 13.3. The number of carbonyl (C=O) groups is 6. The van der Waals surface area contributed by atoms with E-state index in [0.717, 1.165) is 160 Å². The van der Waals surface area contributed by atoms with Crippen LogP contribution in [0.4, 0.5) is 4.39 Å². The van der Waals surface area contributed by atoms with Gasteiger partial charge in [-0.25, -0.2) is 4.39 Å². The Balaban J connectivity index is 0.000000140. The fourth-order valence-electron chi connectivity index (χ4n) is 19.4. The molecule has 1 aliphatic carbocycles. The number of amides is 6. The lowest BCUT2D eigenvalue weighted by Gasteiger charge is -2.37. The van der Waals surface area contributed by atoms with E-state index in [9.17, 15) is 33.2 Å². The minimum Gasteiger partial charge on any atom is -0.497 e. The molecule has 6 aromatic carbocycles. The van der Waals surface area contributed by atoms with Crippen LogP contribution in [-0.2, 0) is 81.5 Å². The van der Waals surface area contributed by atoms with Gasteiger partial charge in [0, 0.05) is 154 Å². The van der Waals surface area contributed by atoms with Crippen LogP contribution in [0.15, 0.2) is 227 Å². The second-order valence-corrected chi connectivity index (χ2v) is 44.6. The summed E-state index contributed by atoms with van der Waals surface area (Å²) in [7, 11) is 6.65. The largest absolute Gasteiger partial charge is 0.497 e. The molecule has 22 nitrogen and oxygen atoms in total. The van der Waals surface area contributed by atoms with Crippen LogP contribution < -0.4 is 36.1 Å². The number of fused-ring (bicyclic) bond motifs is 6. The monoisotopic (exact) mass is 2220 g/mol. The summed E-state index contributed by atoms with van der Waals surface area (Å²) in [4.78, 5) is 96.7. The molecule has 0 spiro atoms. The molecule has 6 amide bonds. The molecule has 6 aliphatic heterocycles. The molecule has 148 heavy (non-hydrogen) atoms. The van der Waals surface area contributed by atoms with E-state index < -0.39 is 0 Å². The van der Waals surface area contributed by atoms with Crippen molar-refractivity contribution in [2.75, 3.05) is 160 Å². The summed E-state index contributed by atoms with van der Waals surface area (Å²) < 4.78 is 39.2. The Hall–Kier alpha value is -9.52. The molecule has 1 saturated carbocycles. The Bertz CT molecular complexity index is 6300. The molecule has 12 aromatic rings. The lowest BCUT2D eigenvalue weighted by molar-refractivity contribution is -0.134. The average molecular weight is 2220 g/mol. The summed E-state index contributed by atoms with van der Waals surface area (Å²) in [5.41, 5.74) is 13.5. The number of hydrogen-bond donors (Lipinski definition) is 5. The zero-order chi connectivity index (χ0) is 104. The number of thiophene rings is 6. The fraction of sp³-hybridized carbons (Fsp3) is 0.386. The molecule has 0 saturated heterocycles. The zero-order valence-electron chi connectivity index (χ0n) is 84.3. The Labute approximate surface area is 918 Å². The maximum absolute atomic E-state index is 13.3. The van der Waals surface area contributed by atoms with Crippen LogP contribution in [0.1, 0.15) is 178 Å². The first-order valence-electron chi connectivity index (χ1n) is 50.3. The topological polar surface area (TPSA) is 228 Å². The summed E-state index contributed by atoms with van der Waals surface area (Å²) >= 11 is 41.7. The highest BCUT2D eigenvalue weighted by atomic mass is 35.5. The highest BCUT2D eigenvalue weighted by Gasteiger charge is 2.41. The minimum absolute atomic E-state index is 0.0239. The third kappa shape index (κ3) is 30.7. The van der Waals surface area contributed by atoms with Gasteiger partial charge in [-0.1, -0.05) is 144 Å². The first-order chi connectivity index (χ1) is 72.1. The van der Waals surface area contributed by atoms with Gasteiger partial charge in [0.1, 0.15) is 17.3 Å². The molecule has 34 heteroatoms. The summed E-state index contributed by atoms with van der Waals surface area (Å²) in [6.45, 7) is 21.5. The quantitative estimate of drug-likeness (QED) is 0.0180. The van der Waals surface area contributed by atoms with Crippen molar-refractivity contribution in [2.24, 2.45) is 5.92 Å². The standard InChI is InChI=1S/C20H24Cl2N2O2S.C20H26N2O3S.C19H19Cl2NOS.C19H22N2O2S.C18H19ClN2OS.C18H21FN2O2S/c1-2-26-10-3-8-23-13-19(25)24-9-6-18-16(7-11-27-18)20(24)15-5-4-14(21)12-17(15)22;1-24-12-3-10-21-14-19(23)22-11-8-18-17(9-13-26-18)20(22)15-4-6-16(25-2)7-5-15;20-13-4-5-14(16(21)11-13)19-15-8-10-24-17(15)7-9-22(19)18(23)6-3-12-1-2-12;1-3-10-20-13-18(22)21-11-8-17-16(9-12-24-17)19(21)14-4-6-15(23-2)7-5-14;1-2-9-20-12-17(22)21-10-7-16-15(8-11-23-16)18(21)13-3-5-14(19)6-4-13;1-23-10-8-20-12-17(22)21-9-6-16-15(7-11-24-16)18(21)13-2-4-14(19)5-3-13/h4-5,7,11-12,20,23H,2-3,6,8-10,13H2,1H3;4-7,9,13,20-21H,3,8,10-12,14H2,1-2H3;4-5,8,10-12,19H,1-3,6-7,9H2;3-7,9,12,19-20H,1,8,10-11,13H2,2H3;2-6,8,11,18,20H,1,7,9-10,12H2;2-5,7,11,18,20H,6,8-10,12H2,1H3. The number of carbonyl (C=O) groups excluding carboxylic acids is 6. The number of hydrogen-bond acceptors (Lipinski definition) is 22. The van der Waals surface area contributed by atoms with E-state index in [4.69, 9.17) is 81.7 Å². The number of halogens is 6. The van der Waals surface area contributed by atoms with Crippen LogP contribution in [0.2, 0.25) is 25.1 Å². The van der Waals surface area contributed by atoms with Gasteiger partial charge < -0.3 is 79.7 Å². The fourth-order valence-corrected chi connectivity index (χ4v) is 26.0. The molecule has 6 unspecified atom stereocenters. The van der Waals surface area contributed by atoms with E-state index in [2.05, 4.69) is 121 Å². The Kier molecular flexibility index (Phi) is 45.0. The third-order valence-electron chi connectivity index (χ3n) is 26.9. The lowest BCUT2D eigenvalue weighted by atomic mass is 9.92. The summed E-state index contributed by atoms with van der Waals surface area (Å²) in [5.74, 6) is 2.91. The molecule has 1 fully saturated rings. The van der Waals surface area contributed by atoms with Crippen molar-refractivity contribution in [1.29, 1.82) is 0 Å². The van der Waals surface area contributed by atoms with Crippen LogP contribution in [0.3, 0.4) is 0 Å². The second-order valence-electron chi connectivity index (χ2n) is 36.5. The van der Waals surface area contributed by atoms with E-state index >= 15 is 0 Å². The lowest BCUT2D eigenvalue weighted by Crippen LogP contribution is -2.44. The molecule has 786 valence electrons. The van der Waals surface area contributed by atoms with Gasteiger partial charge in [0.15, 0.2) is 0 Å². The van der Waals surface area contributed by atoms with Gasteiger partial charge in [-0.2, -0.15) is 0 Å². The van der Waals surface area contributed by atoms with Crippen LogP contribution in [0.25, 0.3) is 0 Å². The SMILES string of the molecule is C=CCNCC(=O)N1CCc2sccc2C1c1ccc(Cl)cc1.C=CCNCC(=O)N1CCc2sccc2C1c1ccc(OC)cc1.CCOCCCNCC(=O)N1CCc2sccc2C1c1ccc(Cl)cc1Cl.COCCCNCC(=O)N1CCc2sccc2C1c1ccc(OC)cc1.COCCNCC(=O)N1CCc2sccc2C1c1ccc(F)cc1.O=C(CCC1CC1)N1CCc2sccc2C1c1ccc(Cl)cc1Cl. The molecule has 0 radical (unpaired) electrons. The normalized spacial score (nSPS) is 17.2. The summed E-state index contributed by atoms with van der Waals surface area (Å²) in [6.07, 6.45) is 15.0. The molecule has 6 aromatic heterocycles. The van der Waals surface area contributed by atoms with Crippen LogP contribution >= 0.6 is 126 Å². The molecule has 5 N–H and O–H groups in total. The predicted octanol–water partition coefficient (Wildman–Crippen LogP) is 22.4. The van der Waals surface area contributed by atoms with Gasteiger partial charge in [-0.05, 0) is 292 Å². The van der Waals surface area contributed by atoms with E-state index in [1.807, 2.05) is 121 Å². The van der Waals surface area contributed by atoms with Gasteiger partial charge >= 0.3 is 0 Å². The first-order valence-corrected chi connectivity index (χ1v) is 57.5. The van der Waals surface area contributed by atoms with Crippen molar-refractivity contribution in [2.45, 2.75) is 120 Å². The van der Waals surface area contributed by atoms with E-state index in [1.165, 1.54) is 82.1 Å². The van der Waals surface area contributed by atoms with Gasteiger partial charge in [0.25, 0.3) is 0 Å². The number of benzene rings is 6. The van der Waals surface area contributed by atoms with Crippen molar-refractivity contribution < 1.29 is 56.8 Å². The van der Waals surface area contributed by atoms with Crippen LogP contribution in [0.5, 0.6) is 11.5 Å². The van der Waals surface area contributed by atoms with Gasteiger partial charge in [-0.15, -0.1) is 81.2 Å². The molecular weight excluding hydrogens is 2090 g/mol. The van der Waals surface area contributed by atoms with E-state index in [0.29, 0.717) is 110 Å². The van der Waals surface area contributed by atoms with Crippen LogP contribution in [-0.4, -0.2) is 224 Å². The second kappa shape index (κ2) is 58.4. The van der Waals surface area contributed by atoms with Crippen molar-refractivity contribution in [3.8, 4) is 11.5 Å². The van der Waals surface area contributed by atoms with Gasteiger partial charge in [-0.3, -0.25) is 28.8 Å². The highest BCUT2D eigenvalue weighted by Crippen LogP contribution is 2.48. The number of rotatable bonds is 37. The van der Waals surface area contributed by atoms with Gasteiger partial charge in [0.05, 0.1) is 89.8 Å². The Morgan fingerprint density at radius 1 is 0.358 bits per heavy atom. The number of ether oxygens (including phenoxy) is 5. The van der Waals surface area contributed by atoms with Crippen molar-refractivity contribution in [3.63, 3.8) is 0 Å². The smallest absolute Gasteiger partial charge is 0.237 e. The Morgan fingerprint density at radius 3 is 0.973 bits per heavy atom.